The number of phenols is 1. The number of amides is 1. The number of aryl methyl sites for hydroxylation is 1. The van der Waals surface area contributed by atoms with Crippen LogP contribution < -0.4 is 15.4 Å². The van der Waals surface area contributed by atoms with Crippen LogP contribution in [0, 0.1) is 6.92 Å². The van der Waals surface area contributed by atoms with Gasteiger partial charge >= 0.3 is 6.18 Å². The largest absolute Gasteiger partial charge is 0.506 e. The summed E-state index contributed by atoms with van der Waals surface area (Å²) in [7, 11) is 1.50. The fourth-order valence-electron chi connectivity index (χ4n) is 3.72. The lowest BCUT2D eigenvalue weighted by atomic mass is 9.96. The first-order valence-electron chi connectivity index (χ1n) is 9.83. The molecule has 1 aromatic heterocycles. The molecule has 0 spiro atoms. The summed E-state index contributed by atoms with van der Waals surface area (Å²) in [5.74, 6) is -0.290. The number of anilines is 2. The maximum atomic E-state index is 13.8. The summed E-state index contributed by atoms with van der Waals surface area (Å²) in [5.41, 5.74) is 1.52. The van der Waals surface area contributed by atoms with Crippen LogP contribution in [0.1, 0.15) is 40.0 Å². The second kappa shape index (κ2) is 8.10. The Morgan fingerprint density at radius 1 is 1.25 bits per heavy atom. The van der Waals surface area contributed by atoms with Gasteiger partial charge in [0.15, 0.2) is 6.04 Å². The number of hydrogen-bond acceptors (Lipinski definition) is 5. The molecule has 0 radical (unpaired) electrons. The minimum absolute atomic E-state index is 0.0379. The molecule has 2 unspecified atom stereocenters. The van der Waals surface area contributed by atoms with E-state index in [1.54, 1.807) is 43.3 Å². The number of aromatic hydroxyl groups is 1. The van der Waals surface area contributed by atoms with Gasteiger partial charge in [-0.1, -0.05) is 18.2 Å². The number of phenolic OH excluding ortho intramolecular Hbond substituents is 1. The van der Waals surface area contributed by atoms with E-state index in [1.807, 2.05) is 0 Å². The van der Waals surface area contributed by atoms with Crippen molar-refractivity contribution >= 4 is 17.4 Å². The molecule has 4 rings (SSSR count). The van der Waals surface area contributed by atoms with Gasteiger partial charge in [-0.3, -0.25) is 4.79 Å². The van der Waals surface area contributed by atoms with Gasteiger partial charge in [0, 0.05) is 6.42 Å². The van der Waals surface area contributed by atoms with Gasteiger partial charge in [0.05, 0.1) is 25.0 Å². The molecular formula is C22H21F3N4O3. The molecule has 0 aliphatic carbocycles. The average Bonchev–Trinajstić information content (AvgIpc) is 3.19. The van der Waals surface area contributed by atoms with Gasteiger partial charge in [0.25, 0.3) is 5.91 Å². The van der Waals surface area contributed by atoms with Crippen LogP contribution in [-0.2, 0) is 0 Å². The third-order valence-electron chi connectivity index (χ3n) is 5.40. The number of ether oxygens (including phenoxy) is 1. The molecule has 0 saturated heterocycles. The van der Waals surface area contributed by atoms with E-state index in [2.05, 4.69) is 15.7 Å². The number of benzene rings is 2. The van der Waals surface area contributed by atoms with Crippen molar-refractivity contribution in [2.24, 2.45) is 0 Å². The minimum atomic E-state index is -4.56. The van der Waals surface area contributed by atoms with E-state index in [4.69, 9.17) is 4.74 Å². The lowest BCUT2D eigenvalue weighted by Gasteiger charge is -2.34. The molecule has 2 heterocycles. The Kier molecular flexibility index (Phi) is 5.45. The van der Waals surface area contributed by atoms with E-state index in [-0.39, 0.29) is 29.2 Å². The number of carbonyl (C=O) groups excluding carboxylic acids is 1. The molecular weight excluding hydrogens is 425 g/mol. The Labute approximate surface area is 181 Å². The zero-order chi connectivity index (χ0) is 23.0. The number of carbonyl (C=O) groups is 1. The van der Waals surface area contributed by atoms with E-state index in [9.17, 15) is 23.1 Å². The van der Waals surface area contributed by atoms with Gasteiger partial charge in [-0.25, -0.2) is 4.68 Å². The number of halogens is 3. The van der Waals surface area contributed by atoms with Gasteiger partial charge in [0.2, 0.25) is 0 Å². The molecule has 1 amide bonds. The van der Waals surface area contributed by atoms with Gasteiger partial charge in [-0.15, -0.1) is 0 Å². The molecule has 10 heteroatoms. The number of aromatic nitrogens is 2. The van der Waals surface area contributed by atoms with Gasteiger partial charge < -0.3 is 20.5 Å². The first-order valence-corrected chi connectivity index (χ1v) is 9.83. The Bertz CT molecular complexity index is 1140. The Morgan fingerprint density at radius 3 is 2.62 bits per heavy atom. The minimum Gasteiger partial charge on any atom is -0.506 e. The summed E-state index contributed by atoms with van der Waals surface area (Å²) in [4.78, 5) is 12.9. The summed E-state index contributed by atoms with van der Waals surface area (Å²) in [6, 6.07) is 8.75. The summed E-state index contributed by atoms with van der Waals surface area (Å²) in [6.45, 7) is 1.78. The quantitative estimate of drug-likeness (QED) is 0.500. The highest BCUT2D eigenvalue weighted by atomic mass is 19.4. The molecule has 168 valence electrons. The first kappa shape index (κ1) is 21.5. The van der Waals surface area contributed by atoms with Crippen LogP contribution in [-0.4, -0.2) is 34.1 Å². The van der Waals surface area contributed by atoms with Crippen molar-refractivity contribution in [3.05, 3.63) is 65.4 Å². The number of nitrogens with zero attached hydrogens (tertiary/aromatic N) is 2. The second-order valence-electron chi connectivity index (χ2n) is 7.59. The maximum Gasteiger partial charge on any atom is 0.410 e. The van der Waals surface area contributed by atoms with E-state index < -0.39 is 24.2 Å². The molecule has 3 N–H and O–H groups in total. The fourth-order valence-corrected chi connectivity index (χ4v) is 3.72. The van der Waals surface area contributed by atoms with E-state index in [0.717, 1.165) is 16.4 Å². The Hall–Kier alpha value is -3.69. The number of rotatable bonds is 4. The van der Waals surface area contributed by atoms with Crippen LogP contribution in [0.25, 0.3) is 0 Å². The predicted octanol–water partition coefficient (Wildman–Crippen LogP) is 4.82. The average molecular weight is 446 g/mol. The van der Waals surface area contributed by atoms with Crippen LogP contribution in [0.5, 0.6) is 11.5 Å². The molecule has 0 fully saturated rings. The van der Waals surface area contributed by atoms with E-state index >= 15 is 0 Å². The molecule has 1 aliphatic heterocycles. The molecule has 7 nitrogen and oxygen atoms in total. The lowest BCUT2D eigenvalue weighted by molar-refractivity contribution is -0.173. The Balaban J connectivity index is 1.69. The van der Waals surface area contributed by atoms with Crippen LogP contribution in [0.2, 0.25) is 0 Å². The highest BCUT2D eigenvalue weighted by Crippen LogP contribution is 2.44. The number of nitrogens with one attached hydrogen (secondary N) is 2. The van der Waals surface area contributed by atoms with Crippen molar-refractivity contribution in [2.75, 3.05) is 17.7 Å². The summed E-state index contributed by atoms with van der Waals surface area (Å²) in [6.07, 6.45) is -3.75. The normalized spacial score (nSPS) is 17.9. The lowest BCUT2D eigenvalue weighted by Crippen LogP contribution is -2.36. The van der Waals surface area contributed by atoms with Gasteiger partial charge in [-0.05, 0) is 42.3 Å². The summed E-state index contributed by atoms with van der Waals surface area (Å²) >= 11 is 0. The molecule has 0 bridgehead atoms. The highest BCUT2D eigenvalue weighted by Gasteiger charge is 2.47. The van der Waals surface area contributed by atoms with Crippen molar-refractivity contribution in [1.82, 2.24) is 9.78 Å². The van der Waals surface area contributed by atoms with Crippen molar-refractivity contribution in [3.8, 4) is 11.5 Å². The van der Waals surface area contributed by atoms with Gasteiger partial charge in [0.1, 0.15) is 22.9 Å². The summed E-state index contributed by atoms with van der Waals surface area (Å²) < 4.78 is 47.4. The topological polar surface area (TPSA) is 88.4 Å². The number of hydrogen-bond donors (Lipinski definition) is 3. The van der Waals surface area contributed by atoms with Crippen molar-refractivity contribution < 1.29 is 27.8 Å². The van der Waals surface area contributed by atoms with Crippen molar-refractivity contribution in [3.63, 3.8) is 0 Å². The predicted molar refractivity (Wildman–Crippen MR) is 112 cm³/mol. The SMILES string of the molecule is COc1ccc(C2CC(C(F)(F)F)n3ncc(C(=O)Nc4cc(C)ccc4O)c3N2)cc1. The van der Waals surface area contributed by atoms with Crippen LogP contribution >= 0.6 is 0 Å². The van der Waals surface area contributed by atoms with Crippen molar-refractivity contribution in [1.29, 1.82) is 0 Å². The summed E-state index contributed by atoms with van der Waals surface area (Å²) in [5, 5.41) is 19.4. The number of alkyl halides is 3. The van der Waals surface area contributed by atoms with E-state index in [0.29, 0.717) is 11.3 Å². The second-order valence-corrected chi connectivity index (χ2v) is 7.59. The van der Waals surface area contributed by atoms with Crippen LogP contribution in [0.15, 0.2) is 48.7 Å². The molecule has 2 atom stereocenters. The van der Waals surface area contributed by atoms with Crippen LogP contribution in [0.3, 0.4) is 0 Å². The third kappa shape index (κ3) is 4.08. The highest BCUT2D eigenvalue weighted by molar-refractivity contribution is 6.08. The van der Waals surface area contributed by atoms with E-state index in [1.165, 1.54) is 13.2 Å². The standard InChI is InChI=1S/C22H21F3N4O3/c1-12-3-8-18(30)17(9-12)28-21(31)15-11-26-29-19(22(23,24)25)10-16(27-20(15)29)13-4-6-14(32-2)7-5-13/h3-9,11,16,19,27,30H,10H2,1-2H3,(H,28,31). The number of fused-ring (bicyclic) bond motifs is 1. The molecule has 1 aliphatic rings. The van der Waals surface area contributed by atoms with Crippen LogP contribution in [0.4, 0.5) is 24.7 Å². The fraction of sp³-hybridized carbons (Fsp3) is 0.273. The van der Waals surface area contributed by atoms with Crippen molar-refractivity contribution in [2.45, 2.75) is 31.6 Å². The monoisotopic (exact) mass is 446 g/mol. The molecule has 0 saturated carbocycles. The third-order valence-corrected chi connectivity index (χ3v) is 5.40. The van der Waals surface area contributed by atoms with Gasteiger partial charge in [-0.2, -0.15) is 18.3 Å². The Morgan fingerprint density at radius 2 is 1.97 bits per heavy atom. The molecule has 32 heavy (non-hydrogen) atoms. The molecule has 3 aromatic rings. The zero-order valence-electron chi connectivity index (χ0n) is 17.3. The zero-order valence-corrected chi connectivity index (χ0v) is 17.3. The molecule has 2 aromatic carbocycles. The number of methoxy groups -OCH3 is 1. The first-order chi connectivity index (χ1) is 15.2. The smallest absolute Gasteiger partial charge is 0.410 e. The maximum absolute atomic E-state index is 13.8.